The van der Waals surface area contributed by atoms with Crippen LogP contribution in [0.25, 0.3) is 22.4 Å². The van der Waals surface area contributed by atoms with Crippen LogP contribution in [0, 0.1) is 23.7 Å². The van der Waals surface area contributed by atoms with E-state index in [1.54, 1.807) is 12.1 Å². The van der Waals surface area contributed by atoms with E-state index in [0.717, 1.165) is 53.6 Å². The second-order valence-electron chi connectivity index (χ2n) is 12.7. The molecule has 6 heteroatoms. The Bertz CT molecular complexity index is 1460. The Kier molecular flexibility index (Phi) is 5.05. The zero-order chi connectivity index (χ0) is 24.7. The van der Waals surface area contributed by atoms with E-state index in [2.05, 4.69) is 9.88 Å². The van der Waals surface area contributed by atoms with Gasteiger partial charge in [-0.25, -0.2) is 4.98 Å². The van der Waals surface area contributed by atoms with Crippen LogP contribution >= 0.6 is 0 Å². The van der Waals surface area contributed by atoms with Gasteiger partial charge >= 0.3 is 0 Å². The molecule has 6 nitrogen and oxygen atoms in total. The summed E-state index contributed by atoms with van der Waals surface area (Å²) in [5.74, 6) is 4.02. The van der Waals surface area contributed by atoms with E-state index >= 15 is 0 Å². The zero-order valence-corrected chi connectivity index (χ0v) is 21.4. The van der Waals surface area contributed by atoms with Crippen molar-refractivity contribution >= 4 is 11.0 Å². The minimum atomic E-state index is -0.212. The summed E-state index contributed by atoms with van der Waals surface area (Å²) in [7, 11) is 0. The van der Waals surface area contributed by atoms with E-state index in [1.807, 2.05) is 28.8 Å². The summed E-state index contributed by atoms with van der Waals surface area (Å²) in [6.45, 7) is 0. The van der Waals surface area contributed by atoms with Crippen molar-refractivity contribution in [1.82, 2.24) is 19.4 Å². The quantitative estimate of drug-likeness (QED) is 0.545. The standard InChI is InChI=1S/C31H36N4O2/c36-29-10-4-8-27(32-29)30-31(37)35(28-9-2-1-7-26(28)33-30)24-16-21-5-3-6-22(17-24)34(21)23-12-18-11-19-14-20(15-23)25(19)13-18/h1-2,4,7-10,18-25H,3,5-6,11-17H2,(H,32,36)/t18-,19+,20+,21-,22+,23-,24?,25?/m1/s1. The summed E-state index contributed by atoms with van der Waals surface area (Å²) in [5.41, 5.74) is 2.29. The highest BCUT2D eigenvalue weighted by Gasteiger charge is 2.53. The number of hydrogen-bond acceptors (Lipinski definition) is 4. The van der Waals surface area contributed by atoms with Crippen LogP contribution < -0.4 is 11.1 Å². The number of H-pyrrole nitrogens is 1. The van der Waals surface area contributed by atoms with Crippen LogP contribution in [0.3, 0.4) is 0 Å². The average Bonchev–Trinajstić information content (AvgIpc) is 3.11. The molecule has 2 unspecified atom stereocenters. The molecular formula is C31H36N4O2. The normalized spacial score (nSPS) is 36.8. The lowest BCUT2D eigenvalue weighted by Gasteiger charge is -2.54. The fourth-order valence-corrected chi connectivity index (χ4v) is 9.50. The van der Waals surface area contributed by atoms with Gasteiger partial charge in [-0.05, 0) is 99.7 Å². The van der Waals surface area contributed by atoms with Gasteiger partial charge < -0.3 is 9.55 Å². The molecule has 2 saturated heterocycles. The number of pyridine rings is 1. The molecule has 1 N–H and O–H groups in total. The number of rotatable bonds is 3. The smallest absolute Gasteiger partial charge is 0.279 e. The molecule has 2 aliphatic heterocycles. The fourth-order valence-electron chi connectivity index (χ4n) is 9.50. The molecule has 3 aliphatic carbocycles. The molecule has 8 rings (SSSR count). The van der Waals surface area contributed by atoms with Crippen molar-refractivity contribution in [3.05, 3.63) is 63.2 Å². The van der Waals surface area contributed by atoms with Gasteiger partial charge in [-0.15, -0.1) is 0 Å². The van der Waals surface area contributed by atoms with E-state index in [1.165, 1.54) is 57.4 Å². The van der Waals surface area contributed by atoms with Gasteiger partial charge in [0.15, 0.2) is 5.69 Å². The molecule has 0 radical (unpaired) electrons. The first-order valence-electron chi connectivity index (χ1n) is 14.6. The van der Waals surface area contributed by atoms with Crippen molar-refractivity contribution in [3.8, 4) is 11.4 Å². The number of aromatic amines is 1. The van der Waals surface area contributed by atoms with Crippen LogP contribution in [-0.2, 0) is 0 Å². The van der Waals surface area contributed by atoms with Gasteiger partial charge in [0.05, 0.1) is 16.7 Å². The van der Waals surface area contributed by atoms with Crippen molar-refractivity contribution in [2.24, 2.45) is 23.7 Å². The first kappa shape index (κ1) is 22.3. The van der Waals surface area contributed by atoms with Crippen LogP contribution in [0.4, 0.5) is 0 Å². The van der Waals surface area contributed by atoms with Crippen molar-refractivity contribution in [1.29, 1.82) is 0 Å². The third-order valence-electron chi connectivity index (χ3n) is 10.8. The Labute approximate surface area is 217 Å². The number of nitrogens with zero attached hydrogens (tertiary/aromatic N) is 3. The summed E-state index contributed by atoms with van der Waals surface area (Å²) >= 11 is 0. The van der Waals surface area contributed by atoms with Crippen LogP contribution in [0.5, 0.6) is 0 Å². The number of piperidine rings is 2. The Hall–Kier alpha value is -2.73. The lowest BCUT2D eigenvalue weighted by molar-refractivity contribution is -0.0437. The minimum absolute atomic E-state index is 0.0793. The molecule has 8 atom stereocenters. The molecule has 5 aliphatic rings. The maximum atomic E-state index is 14.0. The van der Waals surface area contributed by atoms with E-state index in [9.17, 15) is 9.59 Å². The first-order chi connectivity index (χ1) is 18.1. The molecule has 37 heavy (non-hydrogen) atoms. The maximum Gasteiger partial charge on any atom is 0.279 e. The topological polar surface area (TPSA) is 71.0 Å². The van der Waals surface area contributed by atoms with Crippen LogP contribution in [0.2, 0.25) is 0 Å². The molecule has 1 aromatic carbocycles. The second-order valence-corrected chi connectivity index (χ2v) is 12.7. The number of aromatic nitrogens is 3. The molecule has 4 bridgehead atoms. The van der Waals surface area contributed by atoms with Gasteiger partial charge in [0.1, 0.15) is 0 Å². The molecule has 5 fully saturated rings. The predicted octanol–water partition coefficient (Wildman–Crippen LogP) is 5.13. The van der Waals surface area contributed by atoms with Crippen LogP contribution in [0.15, 0.2) is 52.1 Å². The van der Waals surface area contributed by atoms with Gasteiger partial charge in [-0.2, -0.15) is 0 Å². The van der Waals surface area contributed by atoms with Crippen molar-refractivity contribution in [3.63, 3.8) is 0 Å². The fraction of sp³-hybridized carbons (Fsp3) is 0.581. The lowest BCUT2D eigenvalue weighted by atomic mass is 9.64. The molecule has 2 aromatic heterocycles. The molecular weight excluding hydrogens is 460 g/mol. The van der Waals surface area contributed by atoms with Gasteiger partial charge in [0.2, 0.25) is 5.56 Å². The van der Waals surface area contributed by atoms with Crippen molar-refractivity contribution < 1.29 is 0 Å². The molecule has 192 valence electrons. The Morgan fingerprint density at radius 3 is 2.41 bits per heavy atom. The first-order valence-corrected chi connectivity index (χ1v) is 14.6. The Morgan fingerprint density at radius 1 is 0.757 bits per heavy atom. The number of para-hydroxylation sites is 2. The van der Waals surface area contributed by atoms with Gasteiger partial charge in [-0.1, -0.05) is 24.6 Å². The van der Waals surface area contributed by atoms with Crippen molar-refractivity contribution in [2.45, 2.75) is 88.4 Å². The molecule has 4 heterocycles. The molecule has 3 aromatic rings. The number of fused-ring (bicyclic) bond motifs is 4. The molecule has 3 saturated carbocycles. The summed E-state index contributed by atoms with van der Waals surface area (Å²) in [4.78, 5) is 36.6. The zero-order valence-electron chi connectivity index (χ0n) is 21.4. The van der Waals surface area contributed by atoms with Gasteiger partial charge in [0.25, 0.3) is 5.56 Å². The highest BCUT2D eigenvalue weighted by atomic mass is 16.1. The summed E-state index contributed by atoms with van der Waals surface area (Å²) in [5, 5.41) is 0. The van der Waals surface area contributed by atoms with Crippen molar-refractivity contribution in [2.75, 3.05) is 0 Å². The lowest BCUT2D eigenvalue weighted by Crippen LogP contribution is -2.58. The van der Waals surface area contributed by atoms with Crippen LogP contribution in [0.1, 0.15) is 70.3 Å². The van der Waals surface area contributed by atoms with E-state index in [0.29, 0.717) is 23.5 Å². The highest BCUT2D eigenvalue weighted by Crippen LogP contribution is 2.59. The van der Waals surface area contributed by atoms with Crippen LogP contribution in [-0.4, -0.2) is 37.6 Å². The summed E-state index contributed by atoms with van der Waals surface area (Å²) in [6.07, 6.45) is 13.2. The molecule has 0 spiro atoms. The third kappa shape index (κ3) is 3.51. The second kappa shape index (κ2) is 8.39. The third-order valence-corrected chi connectivity index (χ3v) is 10.8. The summed E-state index contributed by atoms with van der Waals surface area (Å²) in [6, 6.07) is 15.0. The van der Waals surface area contributed by atoms with Gasteiger partial charge in [-0.3, -0.25) is 14.5 Å². The highest BCUT2D eigenvalue weighted by molar-refractivity contribution is 5.77. The average molecular weight is 497 g/mol. The minimum Gasteiger partial charge on any atom is -0.320 e. The monoisotopic (exact) mass is 496 g/mol. The largest absolute Gasteiger partial charge is 0.320 e. The Morgan fingerprint density at radius 2 is 1.57 bits per heavy atom. The number of nitrogens with one attached hydrogen (secondary N) is 1. The maximum absolute atomic E-state index is 14.0. The summed E-state index contributed by atoms with van der Waals surface area (Å²) < 4.78 is 2.04. The van der Waals surface area contributed by atoms with E-state index < -0.39 is 0 Å². The molecule has 0 amide bonds. The predicted molar refractivity (Wildman–Crippen MR) is 144 cm³/mol. The number of benzene rings is 1. The van der Waals surface area contributed by atoms with E-state index in [-0.39, 0.29) is 17.2 Å². The van der Waals surface area contributed by atoms with E-state index in [4.69, 9.17) is 4.98 Å². The van der Waals surface area contributed by atoms with Gasteiger partial charge in [0, 0.05) is 30.2 Å². The number of hydrogen-bond donors (Lipinski definition) is 1. The SMILES string of the molecule is O=c1cccc(-c2nc3ccccc3n(C3C[C@H]4CCC[C@@H](C3)N4[C@@H]3C[C@@H]4CC5[C@@H](C4)C[C@H]5C3)c2=O)[nH]1. The Balaban J connectivity index is 1.17.